The van der Waals surface area contributed by atoms with E-state index >= 15 is 0 Å². The Hall–Kier alpha value is -1.12. The van der Waals surface area contributed by atoms with Gasteiger partial charge in [-0.25, -0.2) is 0 Å². The molecule has 1 nitrogen and oxygen atoms in total. The molecule has 1 aromatic heterocycles. The summed E-state index contributed by atoms with van der Waals surface area (Å²) in [6.45, 7) is 10.5. The Labute approximate surface area is 139 Å². The lowest BCUT2D eigenvalue weighted by Crippen LogP contribution is -2.29. The molecule has 0 N–H and O–H groups in total. The van der Waals surface area contributed by atoms with Gasteiger partial charge in [0.15, 0.2) is 0 Å². The molecule has 1 aromatic carbocycles. The van der Waals surface area contributed by atoms with E-state index < -0.39 is 0 Å². The second-order valence-electron chi connectivity index (χ2n) is 7.41. The number of rotatable bonds is 3. The van der Waals surface area contributed by atoms with Gasteiger partial charge >= 0.3 is 0 Å². The first-order valence-electron chi connectivity index (χ1n) is 8.45. The number of hydrogen-bond acceptors (Lipinski definition) is 2. The first-order chi connectivity index (χ1) is 10.5. The third-order valence-electron chi connectivity index (χ3n) is 4.47. The number of likely N-dealkylation sites (tertiary alicyclic amines) is 1. The van der Waals surface area contributed by atoms with Crippen LogP contribution in [0.15, 0.2) is 36.4 Å². The maximum Gasteiger partial charge on any atom is 0.0349 e. The van der Waals surface area contributed by atoms with Crippen LogP contribution in [0.2, 0.25) is 0 Å². The minimum absolute atomic E-state index is 0.241. The Morgan fingerprint density at radius 2 is 1.68 bits per heavy atom. The molecule has 1 fully saturated rings. The molecular weight excluding hydrogens is 286 g/mol. The maximum atomic E-state index is 2.61. The van der Waals surface area contributed by atoms with Crippen LogP contribution in [0.5, 0.6) is 0 Å². The topological polar surface area (TPSA) is 3.24 Å². The van der Waals surface area contributed by atoms with Crippen molar-refractivity contribution in [1.82, 2.24) is 4.90 Å². The Kier molecular flexibility index (Phi) is 4.70. The quantitative estimate of drug-likeness (QED) is 0.702. The van der Waals surface area contributed by atoms with Crippen LogP contribution in [0.25, 0.3) is 10.4 Å². The molecule has 1 aliphatic heterocycles. The van der Waals surface area contributed by atoms with Gasteiger partial charge in [-0.2, -0.15) is 0 Å². The minimum atomic E-state index is 0.241. The normalized spacial score (nSPS) is 16.9. The number of benzene rings is 1. The number of hydrogen-bond donors (Lipinski definition) is 0. The van der Waals surface area contributed by atoms with Crippen molar-refractivity contribution in [2.75, 3.05) is 13.1 Å². The van der Waals surface area contributed by atoms with Gasteiger partial charge in [0.1, 0.15) is 0 Å². The fourth-order valence-corrected chi connectivity index (χ4v) is 4.27. The summed E-state index contributed by atoms with van der Waals surface area (Å²) in [4.78, 5) is 5.49. The molecule has 0 saturated carbocycles. The fraction of sp³-hybridized carbons (Fsp3) is 0.500. The Morgan fingerprint density at radius 3 is 2.36 bits per heavy atom. The second kappa shape index (κ2) is 6.55. The third kappa shape index (κ3) is 3.61. The standard InChI is InChI=1S/C20H27NS/c1-20(2,3)19-12-11-18(22-19)17-10-6-5-9-16(17)15-21-13-7-4-8-14-21/h5-6,9-12H,4,7-8,13-15H2,1-3H3. The molecule has 0 atom stereocenters. The number of piperidine rings is 1. The van der Waals surface area contributed by atoms with E-state index in [0.717, 1.165) is 6.54 Å². The first-order valence-corrected chi connectivity index (χ1v) is 9.27. The van der Waals surface area contributed by atoms with Gasteiger partial charge in [0.2, 0.25) is 0 Å². The van der Waals surface area contributed by atoms with E-state index in [-0.39, 0.29) is 5.41 Å². The van der Waals surface area contributed by atoms with E-state index in [1.807, 2.05) is 11.3 Å². The summed E-state index contributed by atoms with van der Waals surface area (Å²) in [5, 5.41) is 0. The number of thiophene rings is 1. The van der Waals surface area contributed by atoms with Crippen LogP contribution in [0, 0.1) is 0 Å². The molecule has 3 rings (SSSR count). The highest BCUT2D eigenvalue weighted by molar-refractivity contribution is 7.15. The van der Waals surface area contributed by atoms with E-state index in [0.29, 0.717) is 0 Å². The van der Waals surface area contributed by atoms with Crippen molar-refractivity contribution in [2.24, 2.45) is 0 Å². The average Bonchev–Trinajstić information content (AvgIpc) is 2.99. The van der Waals surface area contributed by atoms with Gasteiger partial charge in [0.25, 0.3) is 0 Å². The summed E-state index contributed by atoms with van der Waals surface area (Å²) in [6.07, 6.45) is 4.11. The molecule has 0 bridgehead atoms. The van der Waals surface area contributed by atoms with E-state index in [1.54, 1.807) is 0 Å². The van der Waals surface area contributed by atoms with Crippen LogP contribution in [0.4, 0.5) is 0 Å². The van der Waals surface area contributed by atoms with E-state index in [4.69, 9.17) is 0 Å². The molecule has 2 heterocycles. The van der Waals surface area contributed by atoms with Crippen LogP contribution in [-0.2, 0) is 12.0 Å². The van der Waals surface area contributed by atoms with Crippen LogP contribution < -0.4 is 0 Å². The zero-order valence-corrected chi connectivity index (χ0v) is 14.9. The van der Waals surface area contributed by atoms with Gasteiger partial charge in [0.05, 0.1) is 0 Å². The lowest BCUT2D eigenvalue weighted by molar-refractivity contribution is 0.221. The molecule has 0 spiro atoms. The molecule has 0 aliphatic carbocycles. The molecule has 0 amide bonds. The smallest absolute Gasteiger partial charge is 0.0349 e. The zero-order chi connectivity index (χ0) is 15.6. The summed E-state index contributed by atoms with van der Waals surface area (Å²) >= 11 is 1.95. The van der Waals surface area contributed by atoms with Crippen molar-refractivity contribution in [3.05, 3.63) is 46.8 Å². The van der Waals surface area contributed by atoms with Crippen LogP contribution in [0.3, 0.4) is 0 Å². The highest BCUT2D eigenvalue weighted by atomic mass is 32.1. The van der Waals surface area contributed by atoms with Crippen molar-refractivity contribution in [1.29, 1.82) is 0 Å². The molecule has 2 heteroatoms. The van der Waals surface area contributed by atoms with Gasteiger partial charge in [-0.15, -0.1) is 11.3 Å². The number of nitrogens with zero attached hydrogens (tertiary/aromatic N) is 1. The fourth-order valence-electron chi connectivity index (χ4n) is 3.14. The summed E-state index contributed by atoms with van der Waals surface area (Å²) < 4.78 is 0. The third-order valence-corrected chi connectivity index (χ3v) is 6.01. The van der Waals surface area contributed by atoms with Gasteiger partial charge in [-0.3, -0.25) is 4.90 Å². The predicted molar refractivity (Wildman–Crippen MR) is 97.6 cm³/mol. The summed E-state index contributed by atoms with van der Waals surface area (Å²) in [5.41, 5.74) is 3.14. The van der Waals surface area contributed by atoms with Crippen molar-refractivity contribution < 1.29 is 0 Å². The van der Waals surface area contributed by atoms with Crippen molar-refractivity contribution in [3.63, 3.8) is 0 Å². The first kappa shape index (κ1) is 15.8. The van der Waals surface area contributed by atoms with Crippen molar-refractivity contribution in [3.8, 4) is 10.4 Å². The maximum absolute atomic E-state index is 2.61. The molecule has 1 aliphatic rings. The summed E-state index contributed by atoms with van der Waals surface area (Å²) in [5.74, 6) is 0. The predicted octanol–water partition coefficient (Wildman–Crippen LogP) is 5.70. The molecule has 118 valence electrons. The van der Waals surface area contributed by atoms with E-state index in [2.05, 4.69) is 62.1 Å². The Bertz CT molecular complexity index is 615. The van der Waals surface area contributed by atoms with Crippen LogP contribution >= 0.6 is 11.3 Å². The largest absolute Gasteiger partial charge is 0.299 e. The van der Waals surface area contributed by atoms with Crippen LogP contribution in [0.1, 0.15) is 50.5 Å². The monoisotopic (exact) mass is 313 g/mol. The molecular formula is C20H27NS. The SMILES string of the molecule is CC(C)(C)c1ccc(-c2ccccc2CN2CCCCC2)s1. The second-order valence-corrected chi connectivity index (χ2v) is 8.49. The van der Waals surface area contributed by atoms with Crippen molar-refractivity contribution >= 4 is 11.3 Å². The van der Waals surface area contributed by atoms with Crippen molar-refractivity contribution in [2.45, 2.75) is 52.0 Å². The minimum Gasteiger partial charge on any atom is -0.299 e. The molecule has 1 saturated heterocycles. The van der Waals surface area contributed by atoms with Gasteiger partial charge in [-0.05, 0) is 54.6 Å². The molecule has 0 radical (unpaired) electrons. The Balaban J connectivity index is 1.86. The molecule has 2 aromatic rings. The molecule has 0 unspecified atom stereocenters. The Morgan fingerprint density at radius 1 is 0.955 bits per heavy atom. The van der Waals surface area contributed by atoms with Crippen LogP contribution in [-0.4, -0.2) is 18.0 Å². The average molecular weight is 314 g/mol. The highest BCUT2D eigenvalue weighted by Gasteiger charge is 2.18. The summed E-state index contributed by atoms with van der Waals surface area (Å²) in [7, 11) is 0. The molecule has 22 heavy (non-hydrogen) atoms. The van der Waals surface area contributed by atoms with Gasteiger partial charge in [-0.1, -0.05) is 51.5 Å². The van der Waals surface area contributed by atoms with E-state index in [1.165, 1.54) is 53.2 Å². The van der Waals surface area contributed by atoms with E-state index in [9.17, 15) is 0 Å². The lowest BCUT2D eigenvalue weighted by atomic mass is 9.95. The highest BCUT2D eigenvalue weighted by Crippen LogP contribution is 2.36. The summed E-state index contributed by atoms with van der Waals surface area (Å²) in [6, 6.07) is 13.6. The lowest BCUT2D eigenvalue weighted by Gasteiger charge is -2.27. The zero-order valence-electron chi connectivity index (χ0n) is 14.1. The van der Waals surface area contributed by atoms with Gasteiger partial charge in [0, 0.05) is 16.3 Å². The van der Waals surface area contributed by atoms with Gasteiger partial charge < -0.3 is 0 Å².